The minimum Gasteiger partial charge on any atom is -0.352 e. The number of hydrogen-bond acceptors (Lipinski definition) is 2. The third kappa shape index (κ3) is 3.05. The third-order valence-corrected chi connectivity index (χ3v) is 2.57. The highest BCUT2D eigenvalue weighted by atomic mass is 32.1. The number of carbonyl (C=O) groups is 1. The zero-order valence-electron chi connectivity index (χ0n) is 7.55. The Kier molecular flexibility index (Phi) is 3.92. The van der Waals surface area contributed by atoms with Crippen molar-refractivity contribution in [3.8, 4) is 0 Å². The molecule has 1 aliphatic rings. The molecule has 70 valence electrons. The van der Waals surface area contributed by atoms with E-state index >= 15 is 0 Å². The molecule has 0 radical (unpaired) electrons. The minimum atomic E-state index is -0.174. The Hall–Kier alpha value is -0.180. The Labute approximate surface area is 79.5 Å². The van der Waals surface area contributed by atoms with E-state index in [1.165, 1.54) is 19.3 Å². The summed E-state index contributed by atoms with van der Waals surface area (Å²) in [7, 11) is 0. The maximum absolute atomic E-state index is 11.2. The lowest BCUT2D eigenvalue weighted by molar-refractivity contribution is -0.121. The van der Waals surface area contributed by atoms with Crippen molar-refractivity contribution >= 4 is 18.5 Å². The molecule has 1 rings (SSSR count). The predicted octanol–water partition coefficient (Wildman–Crippen LogP) is 1.75. The van der Waals surface area contributed by atoms with Crippen LogP contribution in [0.25, 0.3) is 0 Å². The molecule has 0 aromatic carbocycles. The standard InChI is InChI=1S/C9H17NOS/c1-7(12)9(11)10-8-5-3-2-4-6-8/h7-8,12H,2-6H2,1H3,(H,10,11). The maximum Gasteiger partial charge on any atom is 0.232 e. The van der Waals surface area contributed by atoms with Crippen molar-refractivity contribution in [2.45, 2.75) is 50.3 Å². The van der Waals surface area contributed by atoms with Crippen LogP contribution in [0, 0.1) is 0 Å². The Morgan fingerprint density at radius 3 is 2.50 bits per heavy atom. The normalized spacial score (nSPS) is 21.8. The lowest BCUT2D eigenvalue weighted by atomic mass is 9.95. The molecule has 0 spiro atoms. The summed E-state index contributed by atoms with van der Waals surface area (Å²) in [6, 6.07) is 0.417. The van der Waals surface area contributed by atoms with E-state index in [0.717, 1.165) is 12.8 Å². The summed E-state index contributed by atoms with van der Waals surface area (Å²) in [5.74, 6) is 0.0743. The highest BCUT2D eigenvalue weighted by Gasteiger charge is 2.17. The van der Waals surface area contributed by atoms with Crippen LogP contribution in [0.15, 0.2) is 0 Å². The predicted molar refractivity (Wildman–Crippen MR) is 53.5 cm³/mol. The fourth-order valence-corrected chi connectivity index (χ4v) is 1.64. The molecule has 0 saturated heterocycles. The summed E-state index contributed by atoms with van der Waals surface area (Å²) >= 11 is 4.08. The van der Waals surface area contributed by atoms with Crippen molar-refractivity contribution in [2.24, 2.45) is 0 Å². The highest BCUT2D eigenvalue weighted by molar-refractivity contribution is 7.81. The number of carbonyl (C=O) groups excluding carboxylic acids is 1. The summed E-state index contributed by atoms with van der Waals surface area (Å²) in [5.41, 5.74) is 0. The van der Waals surface area contributed by atoms with E-state index in [4.69, 9.17) is 0 Å². The number of thiol groups is 1. The Morgan fingerprint density at radius 2 is 2.00 bits per heavy atom. The Bertz CT molecular complexity index is 153. The molecular weight excluding hydrogens is 170 g/mol. The van der Waals surface area contributed by atoms with Gasteiger partial charge in [-0.1, -0.05) is 19.3 Å². The summed E-state index contributed by atoms with van der Waals surface area (Å²) in [6.07, 6.45) is 6.12. The van der Waals surface area contributed by atoms with Gasteiger partial charge in [-0.05, 0) is 19.8 Å². The molecule has 0 aromatic rings. The van der Waals surface area contributed by atoms with Crippen LogP contribution >= 0.6 is 12.6 Å². The van der Waals surface area contributed by atoms with Gasteiger partial charge in [0, 0.05) is 6.04 Å². The summed E-state index contributed by atoms with van der Waals surface area (Å²) in [4.78, 5) is 11.2. The van der Waals surface area contributed by atoms with Crippen LogP contribution in [-0.2, 0) is 4.79 Å². The minimum absolute atomic E-state index is 0.0743. The molecule has 3 heteroatoms. The summed E-state index contributed by atoms with van der Waals surface area (Å²) in [6.45, 7) is 1.81. The maximum atomic E-state index is 11.2. The van der Waals surface area contributed by atoms with Gasteiger partial charge in [0.2, 0.25) is 5.91 Å². The van der Waals surface area contributed by atoms with E-state index < -0.39 is 0 Å². The molecule has 1 aliphatic carbocycles. The molecule has 0 aromatic heterocycles. The monoisotopic (exact) mass is 187 g/mol. The first kappa shape index (κ1) is 9.90. The summed E-state index contributed by atoms with van der Waals surface area (Å²) < 4.78 is 0. The van der Waals surface area contributed by atoms with Crippen molar-refractivity contribution < 1.29 is 4.79 Å². The van der Waals surface area contributed by atoms with Crippen LogP contribution in [0.2, 0.25) is 0 Å². The molecule has 1 unspecified atom stereocenters. The topological polar surface area (TPSA) is 29.1 Å². The molecule has 1 N–H and O–H groups in total. The van der Waals surface area contributed by atoms with Gasteiger partial charge >= 0.3 is 0 Å². The first-order valence-corrected chi connectivity index (χ1v) is 5.20. The second-order valence-corrected chi connectivity index (χ2v) is 4.29. The molecule has 0 aliphatic heterocycles. The first-order chi connectivity index (χ1) is 5.70. The van der Waals surface area contributed by atoms with Crippen molar-refractivity contribution in [1.82, 2.24) is 5.32 Å². The second-order valence-electron chi connectivity index (χ2n) is 3.52. The number of rotatable bonds is 2. The van der Waals surface area contributed by atoms with E-state index in [1.807, 2.05) is 0 Å². The Morgan fingerprint density at radius 1 is 1.42 bits per heavy atom. The van der Waals surface area contributed by atoms with E-state index in [1.54, 1.807) is 6.92 Å². The van der Waals surface area contributed by atoms with Gasteiger partial charge in [-0.2, -0.15) is 12.6 Å². The van der Waals surface area contributed by atoms with Gasteiger partial charge in [0.1, 0.15) is 0 Å². The molecule has 0 heterocycles. The van der Waals surface area contributed by atoms with E-state index in [9.17, 15) is 4.79 Å². The van der Waals surface area contributed by atoms with E-state index in [-0.39, 0.29) is 11.2 Å². The van der Waals surface area contributed by atoms with Crippen LogP contribution in [0.4, 0.5) is 0 Å². The summed E-state index contributed by atoms with van der Waals surface area (Å²) in [5, 5.41) is 2.83. The zero-order valence-corrected chi connectivity index (χ0v) is 8.44. The lowest BCUT2D eigenvalue weighted by Crippen LogP contribution is -2.39. The van der Waals surface area contributed by atoms with Crippen LogP contribution in [0.5, 0.6) is 0 Å². The smallest absolute Gasteiger partial charge is 0.232 e. The van der Waals surface area contributed by atoms with Crippen LogP contribution in [-0.4, -0.2) is 17.2 Å². The van der Waals surface area contributed by atoms with Gasteiger partial charge in [0.25, 0.3) is 0 Å². The van der Waals surface area contributed by atoms with Gasteiger partial charge in [-0.25, -0.2) is 0 Å². The number of amides is 1. The van der Waals surface area contributed by atoms with Gasteiger partial charge in [0.05, 0.1) is 5.25 Å². The fraction of sp³-hybridized carbons (Fsp3) is 0.889. The van der Waals surface area contributed by atoms with Gasteiger partial charge < -0.3 is 5.32 Å². The van der Waals surface area contributed by atoms with Crippen molar-refractivity contribution in [1.29, 1.82) is 0 Å². The molecule has 0 bridgehead atoms. The average molecular weight is 187 g/mol. The molecule has 1 fully saturated rings. The lowest BCUT2D eigenvalue weighted by Gasteiger charge is -2.23. The zero-order chi connectivity index (χ0) is 8.97. The molecule has 1 saturated carbocycles. The molecule has 1 atom stereocenters. The second kappa shape index (κ2) is 4.75. The number of hydrogen-bond donors (Lipinski definition) is 2. The van der Waals surface area contributed by atoms with Gasteiger partial charge in [-0.15, -0.1) is 0 Å². The van der Waals surface area contributed by atoms with E-state index in [2.05, 4.69) is 17.9 Å². The van der Waals surface area contributed by atoms with Gasteiger partial charge in [0.15, 0.2) is 0 Å². The highest BCUT2D eigenvalue weighted by Crippen LogP contribution is 2.17. The Balaban J connectivity index is 2.24. The molecule has 12 heavy (non-hydrogen) atoms. The van der Waals surface area contributed by atoms with Crippen LogP contribution in [0.3, 0.4) is 0 Å². The van der Waals surface area contributed by atoms with Crippen LogP contribution < -0.4 is 5.32 Å². The fourth-order valence-electron chi connectivity index (χ4n) is 1.57. The van der Waals surface area contributed by atoms with Crippen LogP contribution in [0.1, 0.15) is 39.0 Å². The van der Waals surface area contributed by atoms with Crippen molar-refractivity contribution in [3.63, 3.8) is 0 Å². The molecule has 2 nitrogen and oxygen atoms in total. The first-order valence-electron chi connectivity index (χ1n) is 4.68. The van der Waals surface area contributed by atoms with Gasteiger partial charge in [-0.3, -0.25) is 4.79 Å². The number of nitrogens with one attached hydrogen (secondary N) is 1. The molecular formula is C9H17NOS. The van der Waals surface area contributed by atoms with Crippen molar-refractivity contribution in [2.75, 3.05) is 0 Å². The third-order valence-electron chi connectivity index (χ3n) is 2.33. The molecule has 1 amide bonds. The quantitative estimate of drug-likeness (QED) is 0.634. The SMILES string of the molecule is CC(S)C(=O)NC1CCCCC1. The van der Waals surface area contributed by atoms with E-state index in [0.29, 0.717) is 6.04 Å². The average Bonchev–Trinajstić information content (AvgIpc) is 2.06. The largest absolute Gasteiger partial charge is 0.352 e. The van der Waals surface area contributed by atoms with Crippen molar-refractivity contribution in [3.05, 3.63) is 0 Å².